The van der Waals surface area contributed by atoms with Crippen molar-refractivity contribution in [3.63, 3.8) is 0 Å². The quantitative estimate of drug-likeness (QED) is 0.438. The molecule has 0 saturated heterocycles. The molecule has 2 N–H and O–H groups in total. The van der Waals surface area contributed by atoms with Gasteiger partial charge in [0.25, 0.3) is 0 Å². The molecule has 2 heterocycles. The molecule has 0 radical (unpaired) electrons. The number of thiazole rings is 1. The van der Waals surface area contributed by atoms with Gasteiger partial charge in [0.15, 0.2) is 0 Å². The van der Waals surface area contributed by atoms with Gasteiger partial charge in [-0.15, -0.1) is 11.3 Å². The van der Waals surface area contributed by atoms with Crippen LogP contribution in [0.3, 0.4) is 0 Å². The molecule has 0 unspecified atom stereocenters. The molecular formula is C21H21F3N2O4S. The van der Waals surface area contributed by atoms with Crippen LogP contribution in [0.5, 0.6) is 5.75 Å². The van der Waals surface area contributed by atoms with Gasteiger partial charge >= 0.3 is 12.1 Å². The number of aromatic nitrogens is 1. The summed E-state index contributed by atoms with van der Waals surface area (Å²) in [4.78, 5) is 29.4. The van der Waals surface area contributed by atoms with Gasteiger partial charge in [0, 0.05) is 11.4 Å². The maximum atomic E-state index is 13.7. The molecule has 2 atom stereocenters. The van der Waals surface area contributed by atoms with E-state index in [-0.39, 0.29) is 28.3 Å². The van der Waals surface area contributed by atoms with Crippen molar-refractivity contribution >= 4 is 28.3 Å². The molecule has 0 spiro atoms. The van der Waals surface area contributed by atoms with Crippen LogP contribution in [-0.4, -0.2) is 17.0 Å². The second-order valence-electron chi connectivity index (χ2n) is 7.33. The number of nitrogens with zero attached hydrogens (tertiary/aromatic N) is 1. The van der Waals surface area contributed by atoms with Gasteiger partial charge in [0.2, 0.25) is 11.2 Å². The van der Waals surface area contributed by atoms with Gasteiger partial charge in [-0.1, -0.05) is 20.3 Å². The van der Waals surface area contributed by atoms with E-state index in [0.717, 1.165) is 17.4 Å². The number of hydrogen-bond acceptors (Lipinski definition) is 7. The van der Waals surface area contributed by atoms with Gasteiger partial charge in [0.05, 0.1) is 21.7 Å². The van der Waals surface area contributed by atoms with E-state index in [4.69, 9.17) is 14.9 Å². The van der Waals surface area contributed by atoms with Gasteiger partial charge in [-0.2, -0.15) is 13.2 Å². The molecular weight excluding hydrogens is 433 g/mol. The molecule has 10 heteroatoms. The number of carbonyl (C=O) groups is 1. The molecule has 31 heavy (non-hydrogen) atoms. The van der Waals surface area contributed by atoms with E-state index in [0.29, 0.717) is 17.0 Å². The molecule has 0 saturated carbocycles. The highest BCUT2D eigenvalue weighted by atomic mass is 32.1. The van der Waals surface area contributed by atoms with Gasteiger partial charge in [-0.3, -0.25) is 4.79 Å². The molecule has 6 nitrogen and oxygen atoms in total. The Morgan fingerprint density at radius 2 is 2.00 bits per heavy atom. The lowest BCUT2D eigenvalue weighted by molar-refractivity contribution is -0.152. The Balaban J connectivity index is 2.18. The number of ether oxygens (including phenoxy) is 1. The Bertz CT molecular complexity index is 1200. The minimum Gasteiger partial charge on any atom is -0.450 e. The van der Waals surface area contributed by atoms with Crippen LogP contribution in [0, 0.1) is 19.8 Å². The molecule has 3 aromatic rings. The summed E-state index contributed by atoms with van der Waals surface area (Å²) in [6.07, 6.45) is -4.28. The smallest absolute Gasteiger partial charge is 0.450 e. The first-order valence-electron chi connectivity index (χ1n) is 9.52. The zero-order valence-corrected chi connectivity index (χ0v) is 18.1. The number of aryl methyl sites for hydroxylation is 2. The number of alkyl halides is 3. The van der Waals surface area contributed by atoms with Crippen LogP contribution in [0.15, 0.2) is 26.7 Å². The fourth-order valence-corrected chi connectivity index (χ4v) is 3.73. The van der Waals surface area contributed by atoms with E-state index >= 15 is 0 Å². The topological polar surface area (TPSA) is 95.4 Å². The number of nitrogens with two attached hydrogens (primary N) is 1. The third kappa shape index (κ3) is 4.49. The molecule has 0 aliphatic rings. The summed E-state index contributed by atoms with van der Waals surface area (Å²) >= 11 is 1.12. The lowest BCUT2D eigenvalue weighted by Crippen LogP contribution is -2.39. The number of hydrogen-bond donors (Lipinski definition) is 1. The molecule has 0 aliphatic heterocycles. The first kappa shape index (κ1) is 23.0. The summed E-state index contributed by atoms with van der Waals surface area (Å²) in [5, 5.41) is 1.85. The number of halogens is 3. The minimum absolute atomic E-state index is 0.0420. The largest absolute Gasteiger partial charge is 0.450 e. The van der Waals surface area contributed by atoms with E-state index in [9.17, 15) is 22.8 Å². The van der Waals surface area contributed by atoms with E-state index in [1.165, 1.54) is 18.4 Å². The van der Waals surface area contributed by atoms with E-state index < -0.39 is 34.9 Å². The number of carbonyl (C=O) groups excluding carboxylic acids is 1. The normalized spacial score (nSPS) is 13.9. The van der Waals surface area contributed by atoms with Crippen LogP contribution in [0.4, 0.5) is 13.2 Å². The summed E-state index contributed by atoms with van der Waals surface area (Å²) < 4.78 is 51.6. The monoisotopic (exact) mass is 454 g/mol. The maximum absolute atomic E-state index is 13.7. The molecule has 0 bridgehead atoms. The second-order valence-corrected chi connectivity index (χ2v) is 8.39. The first-order chi connectivity index (χ1) is 14.4. The predicted molar refractivity (Wildman–Crippen MR) is 111 cm³/mol. The fourth-order valence-electron chi connectivity index (χ4n) is 3.12. The van der Waals surface area contributed by atoms with Gasteiger partial charge in [-0.25, -0.2) is 9.78 Å². The Morgan fingerprint density at radius 1 is 1.32 bits per heavy atom. The van der Waals surface area contributed by atoms with Crippen molar-refractivity contribution in [3.8, 4) is 17.0 Å². The van der Waals surface area contributed by atoms with Crippen molar-refractivity contribution < 1.29 is 27.1 Å². The third-order valence-corrected chi connectivity index (χ3v) is 5.82. The Hall–Kier alpha value is -2.72. The van der Waals surface area contributed by atoms with Crippen LogP contribution in [0.1, 0.15) is 36.6 Å². The molecule has 3 rings (SSSR count). The molecule has 2 aromatic heterocycles. The average molecular weight is 454 g/mol. The summed E-state index contributed by atoms with van der Waals surface area (Å²) in [6, 6.07) is 1.59. The number of rotatable bonds is 5. The Labute approximate surface area is 179 Å². The van der Waals surface area contributed by atoms with E-state index in [2.05, 4.69) is 4.98 Å². The van der Waals surface area contributed by atoms with Crippen molar-refractivity contribution in [2.75, 3.05) is 0 Å². The second kappa shape index (κ2) is 8.43. The van der Waals surface area contributed by atoms with Crippen LogP contribution in [0.25, 0.3) is 22.2 Å². The SMILES string of the molecule is CC[C@@H](C)[C@@H](N)C(=O)Oc1cc(C)c2c(=O)c(-c3csc(C)n3)c(C(F)(F)F)oc2c1. The number of benzene rings is 1. The van der Waals surface area contributed by atoms with Gasteiger partial charge in [0.1, 0.15) is 17.4 Å². The summed E-state index contributed by atoms with van der Waals surface area (Å²) in [6.45, 7) is 6.80. The fraction of sp³-hybridized carbons (Fsp3) is 0.381. The van der Waals surface area contributed by atoms with Gasteiger partial charge < -0.3 is 14.9 Å². The molecule has 166 valence electrons. The third-order valence-electron chi connectivity index (χ3n) is 5.05. The van der Waals surface area contributed by atoms with Crippen molar-refractivity contribution in [1.29, 1.82) is 0 Å². The zero-order chi connectivity index (χ0) is 23.1. The first-order valence-corrected chi connectivity index (χ1v) is 10.4. The molecule has 0 fully saturated rings. The van der Waals surface area contributed by atoms with Crippen LogP contribution in [0.2, 0.25) is 0 Å². The van der Waals surface area contributed by atoms with Gasteiger partial charge in [-0.05, 0) is 31.4 Å². The van der Waals surface area contributed by atoms with Crippen LogP contribution < -0.4 is 15.9 Å². The molecule has 1 aromatic carbocycles. The summed E-state index contributed by atoms with van der Waals surface area (Å²) in [5.41, 5.74) is 4.22. The predicted octanol–water partition coefficient (Wildman–Crippen LogP) is 4.83. The number of esters is 1. The average Bonchev–Trinajstić information content (AvgIpc) is 3.11. The van der Waals surface area contributed by atoms with Crippen LogP contribution >= 0.6 is 11.3 Å². The maximum Gasteiger partial charge on any atom is 0.450 e. The highest BCUT2D eigenvalue weighted by Gasteiger charge is 2.40. The van der Waals surface area contributed by atoms with Crippen molar-refractivity contribution in [2.24, 2.45) is 11.7 Å². The Morgan fingerprint density at radius 3 is 2.55 bits per heavy atom. The van der Waals surface area contributed by atoms with E-state index in [1.54, 1.807) is 13.8 Å². The van der Waals surface area contributed by atoms with E-state index in [1.807, 2.05) is 6.92 Å². The van der Waals surface area contributed by atoms with Crippen molar-refractivity contribution in [2.45, 2.75) is 46.3 Å². The number of fused-ring (bicyclic) bond motifs is 1. The molecule has 0 amide bonds. The Kier molecular flexibility index (Phi) is 6.24. The highest BCUT2D eigenvalue weighted by Crippen LogP contribution is 2.38. The lowest BCUT2D eigenvalue weighted by Gasteiger charge is -2.17. The summed E-state index contributed by atoms with van der Waals surface area (Å²) in [5.74, 6) is -2.37. The molecule has 0 aliphatic carbocycles. The van der Waals surface area contributed by atoms with Crippen molar-refractivity contribution in [1.82, 2.24) is 4.98 Å². The highest BCUT2D eigenvalue weighted by molar-refractivity contribution is 7.09. The standard InChI is InChI=1S/C21H21F3N2O4S/c1-5-9(2)17(25)20(28)29-12-6-10(3)15-14(7-12)30-19(21(22,23)24)16(18(15)27)13-8-31-11(4)26-13/h6-9,17H,5,25H2,1-4H3/t9-,17-/m1/s1. The van der Waals surface area contributed by atoms with Crippen molar-refractivity contribution in [3.05, 3.63) is 44.1 Å². The minimum atomic E-state index is -4.93. The zero-order valence-electron chi connectivity index (χ0n) is 17.3. The van der Waals surface area contributed by atoms with Crippen LogP contribution in [-0.2, 0) is 11.0 Å². The lowest BCUT2D eigenvalue weighted by atomic mass is 10.0. The summed E-state index contributed by atoms with van der Waals surface area (Å²) in [7, 11) is 0.